The smallest absolute Gasteiger partial charge is 0.319 e. The van der Waals surface area contributed by atoms with Crippen molar-refractivity contribution in [3.05, 3.63) is 69.7 Å². The van der Waals surface area contributed by atoms with E-state index >= 15 is 0 Å². The van der Waals surface area contributed by atoms with Gasteiger partial charge in [0, 0.05) is 16.1 Å². The average molecular weight is 367 g/mol. The number of quaternary nitrogens is 1. The number of nitrogens with two attached hydrogens (primary N) is 1. The first-order valence-corrected chi connectivity index (χ1v) is 8.05. The van der Waals surface area contributed by atoms with Gasteiger partial charge in [-0.1, -0.05) is 59.6 Å². The van der Waals surface area contributed by atoms with E-state index in [-0.39, 0.29) is 0 Å². The molecule has 0 spiro atoms. The minimum atomic E-state index is -0.877. The molecule has 24 heavy (non-hydrogen) atoms. The van der Waals surface area contributed by atoms with Crippen LogP contribution in [0.15, 0.2) is 48.5 Å². The Kier molecular flexibility index (Phi) is 6.20. The lowest BCUT2D eigenvalue weighted by atomic mass is 10.0. The van der Waals surface area contributed by atoms with Crippen molar-refractivity contribution < 1.29 is 14.5 Å². The van der Waals surface area contributed by atoms with Crippen LogP contribution < -0.4 is 16.0 Å². The quantitative estimate of drug-likeness (QED) is 0.756. The van der Waals surface area contributed by atoms with Crippen molar-refractivity contribution in [1.29, 1.82) is 0 Å². The number of carbonyl (C=O) groups excluding carboxylic acids is 2. The molecule has 2 rings (SSSR count). The number of amides is 3. The fourth-order valence-electron chi connectivity index (χ4n) is 2.57. The first-order valence-electron chi connectivity index (χ1n) is 7.30. The van der Waals surface area contributed by atoms with Crippen LogP contribution in [0.25, 0.3) is 0 Å². The van der Waals surface area contributed by atoms with Gasteiger partial charge in [0.15, 0.2) is 6.04 Å². The lowest BCUT2D eigenvalue weighted by molar-refractivity contribution is -0.916. The molecule has 5 nitrogen and oxygen atoms in total. The van der Waals surface area contributed by atoms with Crippen LogP contribution in [0.3, 0.4) is 0 Å². The molecule has 0 fully saturated rings. The number of hydrogen-bond acceptors (Lipinski definition) is 2. The van der Waals surface area contributed by atoms with Gasteiger partial charge >= 0.3 is 6.03 Å². The Labute approximate surface area is 150 Å². The summed E-state index contributed by atoms with van der Waals surface area (Å²) in [7, 11) is 1.85. The van der Waals surface area contributed by atoms with Gasteiger partial charge < -0.3 is 10.6 Å². The van der Waals surface area contributed by atoms with Gasteiger partial charge in [0.25, 0.3) is 5.91 Å². The maximum Gasteiger partial charge on any atom is 0.319 e. The highest BCUT2D eigenvalue weighted by Crippen LogP contribution is 2.20. The second-order valence-corrected chi connectivity index (χ2v) is 6.30. The zero-order chi connectivity index (χ0) is 17.7. The Balaban J connectivity index is 2.28. The predicted octanol–water partition coefficient (Wildman–Crippen LogP) is 1.94. The van der Waals surface area contributed by atoms with E-state index in [2.05, 4.69) is 5.32 Å². The molecule has 0 saturated carbocycles. The number of nitrogens with one attached hydrogen (secondary N) is 2. The number of halogens is 2. The van der Waals surface area contributed by atoms with Gasteiger partial charge in [-0.15, -0.1) is 0 Å². The fraction of sp³-hybridized carbons (Fsp3) is 0.176. The summed E-state index contributed by atoms with van der Waals surface area (Å²) in [5.74, 6) is -0.462. The second kappa shape index (κ2) is 8.15. The van der Waals surface area contributed by atoms with Gasteiger partial charge in [0.2, 0.25) is 0 Å². The van der Waals surface area contributed by atoms with Crippen LogP contribution >= 0.6 is 23.2 Å². The largest absolute Gasteiger partial charge is 0.351 e. The molecule has 2 atom stereocenters. The van der Waals surface area contributed by atoms with E-state index in [4.69, 9.17) is 28.9 Å². The molecule has 4 N–H and O–H groups in total. The third-order valence-corrected chi connectivity index (χ3v) is 4.21. The highest BCUT2D eigenvalue weighted by molar-refractivity contribution is 6.35. The maximum atomic E-state index is 12.4. The van der Waals surface area contributed by atoms with Crippen LogP contribution in [0.2, 0.25) is 10.0 Å². The molecule has 0 aliphatic heterocycles. The summed E-state index contributed by atoms with van der Waals surface area (Å²) >= 11 is 12.1. The van der Waals surface area contributed by atoms with E-state index in [1.165, 1.54) is 0 Å². The zero-order valence-electron chi connectivity index (χ0n) is 13.1. The van der Waals surface area contributed by atoms with Crippen molar-refractivity contribution in [2.45, 2.75) is 12.6 Å². The van der Waals surface area contributed by atoms with Gasteiger partial charge in [-0.25, -0.2) is 4.79 Å². The number of primary amides is 1. The minimum absolute atomic E-state index is 0.462. The number of urea groups is 1. The SMILES string of the molecule is C[NH+](Cc1ccc(Cl)cc1Cl)[C@@H](C(=O)NC(N)=O)c1ccccc1. The van der Waals surface area contributed by atoms with Crippen LogP contribution in [0.5, 0.6) is 0 Å². The summed E-state index contributed by atoms with van der Waals surface area (Å²) in [6.07, 6.45) is 0. The molecule has 0 bridgehead atoms. The topological polar surface area (TPSA) is 76.6 Å². The van der Waals surface area contributed by atoms with Crippen molar-refractivity contribution in [3.8, 4) is 0 Å². The first kappa shape index (κ1) is 18.3. The first-order chi connectivity index (χ1) is 11.4. The zero-order valence-corrected chi connectivity index (χ0v) is 14.6. The molecule has 3 amide bonds. The van der Waals surface area contributed by atoms with Crippen molar-refractivity contribution in [1.82, 2.24) is 5.32 Å². The van der Waals surface area contributed by atoms with Gasteiger partial charge in [-0.2, -0.15) is 0 Å². The number of likely N-dealkylation sites (N-methyl/N-ethyl adjacent to an activating group) is 1. The van der Waals surface area contributed by atoms with Crippen molar-refractivity contribution in [2.75, 3.05) is 7.05 Å². The van der Waals surface area contributed by atoms with Crippen LogP contribution in [0.1, 0.15) is 17.2 Å². The van der Waals surface area contributed by atoms with Crippen molar-refractivity contribution >= 4 is 35.1 Å². The van der Waals surface area contributed by atoms with Gasteiger partial charge in [-0.05, 0) is 12.1 Å². The van der Waals surface area contributed by atoms with E-state index in [1.807, 2.05) is 43.4 Å². The third kappa shape index (κ3) is 4.71. The van der Waals surface area contributed by atoms with Crippen molar-refractivity contribution in [3.63, 3.8) is 0 Å². The summed E-state index contributed by atoms with van der Waals surface area (Å²) < 4.78 is 0. The van der Waals surface area contributed by atoms with Crippen LogP contribution in [-0.4, -0.2) is 19.0 Å². The van der Waals surface area contributed by atoms with Crippen LogP contribution in [0, 0.1) is 0 Å². The van der Waals surface area contributed by atoms with Crippen LogP contribution in [-0.2, 0) is 11.3 Å². The number of benzene rings is 2. The highest BCUT2D eigenvalue weighted by Gasteiger charge is 2.30. The maximum absolute atomic E-state index is 12.4. The molecule has 0 heterocycles. The third-order valence-electron chi connectivity index (χ3n) is 3.62. The Morgan fingerprint density at radius 3 is 2.42 bits per heavy atom. The normalized spacial score (nSPS) is 13.1. The lowest BCUT2D eigenvalue weighted by Gasteiger charge is -2.24. The standard InChI is InChI=1S/C17H17Cl2N3O2/c1-22(10-12-7-8-13(18)9-14(12)19)15(16(23)21-17(20)24)11-5-3-2-4-6-11/h2-9,15H,10H2,1H3,(H3,20,21,23,24)/p+1/t15-/m1/s1. The molecule has 0 aliphatic rings. The summed E-state index contributed by atoms with van der Waals surface area (Å²) in [5, 5.41) is 3.24. The van der Waals surface area contributed by atoms with E-state index < -0.39 is 18.0 Å². The number of hydrogen-bond donors (Lipinski definition) is 3. The molecule has 0 saturated heterocycles. The Hall–Kier alpha value is -2.08. The van der Waals surface area contributed by atoms with E-state index in [0.29, 0.717) is 16.6 Å². The molecule has 0 aromatic heterocycles. The molecular formula is C17H18Cl2N3O2+. The summed E-state index contributed by atoms with van der Waals surface area (Å²) in [4.78, 5) is 24.3. The molecule has 1 unspecified atom stereocenters. The van der Waals surface area contributed by atoms with Gasteiger partial charge in [0.05, 0.1) is 12.1 Å². The Bertz CT molecular complexity index is 738. The van der Waals surface area contributed by atoms with Gasteiger partial charge in [-0.3, -0.25) is 10.1 Å². The Morgan fingerprint density at radius 1 is 1.17 bits per heavy atom. The molecule has 7 heteroatoms. The molecular weight excluding hydrogens is 349 g/mol. The Morgan fingerprint density at radius 2 is 1.83 bits per heavy atom. The predicted molar refractivity (Wildman–Crippen MR) is 94.0 cm³/mol. The number of rotatable bonds is 5. The molecule has 126 valence electrons. The molecule has 2 aromatic carbocycles. The van der Waals surface area contributed by atoms with Crippen molar-refractivity contribution in [2.24, 2.45) is 5.73 Å². The fourth-order valence-corrected chi connectivity index (χ4v) is 3.04. The lowest BCUT2D eigenvalue weighted by Crippen LogP contribution is -3.09. The number of carbonyl (C=O) groups is 2. The monoisotopic (exact) mass is 366 g/mol. The van der Waals surface area contributed by atoms with Gasteiger partial charge in [0.1, 0.15) is 6.54 Å². The molecule has 0 aliphatic carbocycles. The minimum Gasteiger partial charge on any atom is -0.351 e. The molecule has 0 radical (unpaired) electrons. The summed E-state index contributed by atoms with van der Waals surface area (Å²) in [6, 6.07) is 12.9. The van der Waals surface area contributed by atoms with E-state index in [9.17, 15) is 9.59 Å². The average Bonchev–Trinajstić information content (AvgIpc) is 2.50. The number of imide groups is 1. The molecule has 2 aromatic rings. The summed E-state index contributed by atoms with van der Waals surface area (Å²) in [5.41, 5.74) is 6.72. The van der Waals surface area contributed by atoms with E-state index in [0.717, 1.165) is 16.0 Å². The van der Waals surface area contributed by atoms with E-state index in [1.54, 1.807) is 12.1 Å². The summed E-state index contributed by atoms with van der Waals surface area (Å²) in [6.45, 7) is 0.474. The van der Waals surface area contributed by atoms with Crippen LogP contribution in [0.4, 0.5) is 4.79 Å². The second-order valence-electron chi connectivity index (χ2n) is 5.46. The highest BCUT2D eigenvalue weighted by atomic mass is 35.5.